The van der Waals surface area contributed by atoms with E-state index in [1.807, 2.05) is 0 Å². The molecule has 15 heteroatoms. The number of hydrogen-bond acceptors (Lipinski definition) is 7. The summed E-state index contributed by atoms with van der Waals surface area (Å²) in [6.07, 6.45) is -6.42. The van der Waals surface area contributed by atoms with Crippen molar-refractivity contribution in [1.82, 2.24) is 24.3 Å². The number of Topliss-reactive ketones (excluding diaryl/α,β-unsaturated/α-hetero) is 1. The Kier molecular flexibility index (Phi) is 8.09. The third-order valence-electron chi connectivity index (χ3n) is 5.13. The van der Waals surface area contributed by atoms with Gasteiger partial charge in [-0.2, -0.15) is 22.8 Å². The molecule has 0 fully saturated rings. The normalized spacial score (nSPS) is 12.6. The zero-order valence-electron chi connectivity index (χ0n) is 18.8. The van der Waals surface area contributed by atoms with Gasteiger partial charge >= 0.3 is 11.9 Å². The number of ketones is 1. The van der Waals surface area contributed by atoms with Crippen LogP contribution in [-0.4, -0.2) is 54.1 Å². The predicted octanol–water partition coefficient (Wildman–Crippen LogP) is 3.14. The van der Waals surface area contributed by atoms with Gasteiger partial charge in [0.25, 0.3) is 0 Å². The summed E-state index contributed by atoms with van der Waals surface area (Å²) >= 11 is 6.03. The molecule has 0 aliphatic carbocycles. The maximum atomic E-state index is 15.1. The second-order valence-corrected chi connectivity index (χ2v) is 7.92. The van der Waals surface area contributed by atoms with Gasteiger partial charge in [-0.05, 0) is 31.5 Å². The highest BCUT2D eigenvalue weighted by atomic mass is 35.5. The van der Waals surface area contributed by atoms with Crippen molar-refractivity contribution >= 4 is 17.4 Å². The smallest absolute Gasteiger partial charge is 0.425 e. The van der Waals surface area contributed by atoms with Crippen LogP contribution in [0.3, 0.4) is 0 Å². The molecule has 3 aromatic heterocycles. The van der Waals surface area contributed by atoms with Crippen molar-refractivity contribution in [3.63, 3.8) is 0 Å². The van der Waals surface area contributed by atoms with Gasteiger partial charge in [0.2, 0.25) is 5.88 Å². The van der Waals surface area contributed by atoms with Gasteiger partial charge in [-0.15, -0.1) is 5.10 Å². The summed E-state index contributed by atoms with van der Waals surface area (Å²) < 4.78 is 73.8. The quantitative estimate of drug-likeness (QED) is 0.254. The van der Waals surface area contributed by atoms with E-state index in [9.17, 15) is 27.2 Å². The Bertz CT molecular complexity index is 1320. The first kappa shape index (κ1) is 27.2. The number of aromatic nitrogens is 5. The summed E-state index contributed by atoms with van der Waals surface area (Å²) in [5.74, 6) is -4.55. The monoisotopic (exact) mass is 535 g/mol. The Hall–Kier alpha value is -3.39. The average molecular weight is 536 g/mol. The number of nitrogens with zero attached hydrogens (tertiary/aromatic N) is 5. The molecule has 1 N–H and O–H groups in total. The fourth-order valence-electron chi connectivity index (χ4n) is 3.16. The summed E-state index contributed by atoms with van der Waals surface area (Å²) in [5.41, 5.74) is -0.954. The number of aliphatic hydroxyl groups is 1. The molecule has 0 amide bonds. The SMILES string of the molecule is Cc1ccnc(Cl)c1CC(=O)c1cc(F)c(-n2nc(CF)n(CCO)c2=O)nc1O[C@@H](C)C(F)(F)F. The number of pyridine rings is 2. The maximum absolute atomic E-state index is 15.1. The van der Waals surface area contributed by atoms with Crippen molar-refractivity contribution in [2.45, 2.75) is 45.8 Å². The van der Waals surface area contributed by atoms with Crippen molar-refractivity contribution < 1.29 is 36.6 Å². The number of rotatable bonds is 9. The summed E-state index contributed by atoms with van der Waals surface area (Å²) in [5, 5.41) is 12.7. The number of hydrogen-bond donors (Lipinski definition) is 1. The molecule has 0 spiro atoms. The van der Waals surface area contributed by atoms with Crippen molar-refractivity contribution in [3.05, 3.63) is 62.3 Å². The molecule has 194 valence electrons. The highest BCUT2D eigenvalue weighted by Crippen LogP contribution is 2.29. The summed E-state index contributed by atoms with van der Waals surface area (Å²) in [6, 6.07) is 2.10. The summed E-state index contributed by atoms with van der Waals surface area (Å²) in [7, 11) is 0. The molecular weight excluding hydrogens is 517 g/mol. The van der Waals surface area contributed by atoms with Crippen LogP contribution in [0, 0.1) is 12.7 Å². The largest absolute Gasteiger partial charge is 0.464 e. The third-order valence-corrected chi connectivity index (χ3v) is 5.46. The first-order valence-corrected chi connectivity index (χ1v) is 10.7. The number of aliphatic hydroxyl groups excluding tert-OH is 1. The Labute approximate surface area is 205 Å². The van der Waals surface area contributed by atoms with Crippen LogP contribution < -0.4 is 10.4 Å². The molecule has 0 saturated heterocycles. The van der Waals surface area contributed by atoms with Crippen LogP contribution in [0.5, 0.6) is 5.88 Å². The molecule has 3 rings (SSSR count). The lowest BCUT2D eigenvalue weighted by Gasteiger charge is -2.19. The number of alkyl halides is 4. The lowest BCUT2D eigenvalue weighted by molar-refractivity contribution is -0.190. The van der Waals surface area contributed by atoms with E-state index in [4.69, 9.17) is 21.4 Å². The van der Waals surface area contributed by atoms with E-state index in [1.54, 1.807) is 13.0 Å². The molecule has 0 aliphatic heterocycles. The van der Waals surface area contributed by atoms with E-state index in [2.05, 4.69) is 15.1 Å². The van der Waals surface area contributed by atoms with E-state index in [1.165, 1.54) is 6.20 Å². The Morgan fingerprint density at radius 2 is 2.03 bits per heavy atom. The van der Waals surface area contributed by atoms with Crippen molar-refractivity contribution in [2.75, 3.05) is 6.61 Å². The zero-order chi connectivity index (χ0) is 26.8. The van der Waals surface area contributed by atoms with Crippen molar-refractivity contribution in [1.29, 1.82) is 0 Å². The molecular formula is C21H19ClF5N5O4. The number of ether oxygens (including phenoxy) is 1. The van der Waals surface area contributed by atoms with Crippen molar-refractivity contribution in [3.8, 4) is 11.7 Å². The van der Waals surface area contributed by atoms with Gasteiger partial charge in [-0.1, -0.05) is 11.6 Å². The Balaban J connectivity index is 2.16. The predicted molar refractivity (Wildman–Crippen MR) is 116 cm³/mol. The molecule has 0 unspecified atom stereocenters. The minimum absolute atomic E-state index is 0.0285. The molecule has 1 atom stereocenters. The maximum Gasteiger partial charge on any atom is 0.425 e. The number of aryl methyl sites for hydroxylation is 1. The Morgan fingerprint density at radius 3 is 2.61 bits per heavy atom. The van der Waals surface area contributed by atoms with Crippen LogP contribution in [-0.2, 0) is 19.6 Å². The average Bonchev–Trinajstić information content (AvgIpc) is 3.12. The number of carbonyl (C=O) groups is 1. The molecule has 0 aromatic carbocycles. The van der Waals surface area contributed by atoms with Gasteiger partial charge in [0.05, 0.1) is 18.7 Å². The van der Waals surface area contributed by atoms with E-state index in [0.717, 1.165) is 0 Å². The highest BCUT2D eigenvalue weighted by molar-refractivity contribution is 6.30. The Morgan fingerprint density at radius 1 is 1.33 bits per heavy atom. The van der Waals surface area contributed by atoms with Crippen LogP contribution in [0.1, 0.15) is 34.2 Å². The van der Waals surface area contributed by atoms with Gasteiger partial charge in [-0.25, -0.2) is 18.6 Å². The van der Waals surface area contributed by atoms with Gasteiger partial charge in [0.15, 0.2) is 29.3 Å². The van der Waals surface area contributed by atoms with Crippen LogP contribution in [0.4, 0.5) is 22.0 Å². The summed E-state index contributed by atoms with van der Waals surface area (Å²) in [4.78, 5) is 33.1. The van der Waals surface area contributed by atoms with E-state index >= 15 is 4.39 Å². The van der Waals surface area contributed by atoms with Gasteiger partial charge in [0.1, 0.15) is 11.8 Å². The topological polar surface area (TPSA) is 112 Å². The minimum Gasteiger partial charge on any atom is -0.464 e. The zero-order valence-corrected chi connectivity index (χ0v) is 19.6. The standard InChI is InChI=1S/C21H19ClF5N5O4/c1-10-3-4-28-17(22)12(10)8-15(34)13-7-14(24)18(29-19(13)36-11(2)21(25,26)27)32-20(35)31(5-6-33)16(9-23)30-32/h3-4,7,11,33H,5-6,8-9H2,1-2H3/t11-/m0/s1. The summed E-state index contributed by atoms with van der Waals surface area (Å²) in [6.45, 7) is 0.0507. The van der Waals surface area contributed by atoms with Crippen LogP contribution in [0.15, 0.2) is 23.1 Å². The molecule has 0 bridgehead atoms. The molecule has 3 aromatic rings. The number of carbonyl (C=O) groups excluding carboxylic acids is 1. The van der Waals surface area contributed by atoms with E-state index in [-0.39, 0.29) is 17.3 Å². The third kappa shape index (κ3) is 5.54. The van der Waals surface area contributed by atoms with Crippen molar-refractivity contribution in [2.24, 2.45) is 0 Å². The molecule has 9 nitrogen and oxygen atoms in total. The van der Waals surface area contributed by atoms with E-state index in [0.29, 0.717) is 27.8 Å². The molecule has 3 heterocycles. The minimum atomic E-state index is -4.87. The number of halogens is 6. The first-order valence-electron chi connectivity index (χ1n) is 10.3. The van der Waals surface area contributed by atoms with Gasteiger partial charge in [0, 0.05) is 18.2 Å². The van der Waals surface area contributed by atoms with Gasteiger partial charge in [-0.3, -0.25) is 9.36 Å². The van der Waals surface area contributed by atoms with E-state index < -0.39 is 72.4 Å². The lowest BCUT2D eigenvalue weighted by atomic mass is 10.0. The molecule has 0 saturated carbocycles. The highest BCUT2D eigenvalue weighted by Gasteiger charge is 2.39. The fraction of sp³-hybridized carbons (Fsp3) is 0.381. The first-order chi connectivity index (χ1) is 16.9. The fourth-order valence-corrected chi connectivity index (χ4v) is 3.43. The molecule has 36 heavy (non-hydrogen) atoms. The molecule has 0 radical (unpaired) electrons. The lowest BCUT2D eigenvalue weighted by Crippen LogP contribution is -2.32. The second kappa shape index (κ2) is 10.7. The van der Waals surface area contributed by atoms with Crippen LogP contribution in [0.2, 0.25) is 5.15 Å². The van der Waals surface area contributed by atoms with Crippen LogP contribution >= 0.6 is 11.6 Å². The second-order valence-electron chi connectivity index (χ2n) is 7.56. The molecule has 0 aliphatic rings. The van der Waals surface area contributed by atoms with Gasteiger partial charge < -0.3 is 9.84 Å². The van der Waals surface area contributed by atoms with Crippen LogP contribution in [0.25, 0.3) is 5.82 Å².